The Morgan fingerprint density at radius 2 is 1.84 bits per heavy atom. The summed E-state index contributed by atoms with van der Waals surface area (Å²) in [4.78, 5) is 17.1. The number of amides is 1. The molecule has 0 unspecified atom stereocenters. The molecule has 172 valence electrons. The summed E-state index contributed by atoms with van der Waals surface area (Å²) in [5, 5.41) is 2.98. The zero-order valence-electron chi connectivity index (χ0n) is 19.8. The standard InChI is InChI=1S/C27H37N3O2/c1-4-5-6-7-10-18-30-24-13-9-8-12-23(24)29-26(30)14-11-17-28-27(31)20-32-25-19-21(2)15-16-22(25)3/h8-9,12-13,15-16,19H,4-7,10-11,14,17-18,20H2,1-3H3,(H,28,31). The number of carbonyl (C=O) groups is 1. The normalized spacial score (nSPS) is 11.1. The smallest absolute Gasteiger partial charge is 0.257 e. The van der Waals surface area contributed by atoms with E-state index in [0.717, 1.165) is 47.6 Å². The molecule has 5 heteroatoms. The molecule has 3 rings (SSSR count). The Hall–Kier alpha value is -2.82. The number of ether oxygens (including phenoxy) is 1. The molecule has 1 heterocycles. The van der Waals surface area contributed by atoms with E-state index >= 15 is 0 Å². The molecule has 5 nitrogen and oxygen atoms in total. The SMILES string of the molecule is CCCCCCCn1c(CCCNC(=O)COc2cc(C)ccc2C)nc2ccccc21. The summed E-state index contributed by atoms with van der Waals surface area (Å²) in [5.74, 6) is 1.80. The lowest BCUT2D eigenvalue weighted by molar-refractivity contribution is -0.123. The largest absolute Gasteiger partial charge is 0.483 e. The van der Waals surface area contributed by atoms with Gasteiger partial charge in [0.15, 0.2) is 6.61 Å². The first-order chi connectivity index (χ1) is 15.6. The number of benzene rings is 2. The molecule has 0 fully saturated rings. The monoisotopic (exact) mass is 435 g/mol. The molecule has 0 radical (unpaired) electrons. The third-order valence-electron chi connectivity index (χ3n) is 5.82. The number of hydrogen-bond donors (Lipinski definition) is 1. The van der Waals surface area contributed by atoms with Crippen molar-refractivity contribution in [1.29, 1.82) is 0 Å². The number of imidazole rings is 1. The third-order valence-corrected chi connectivity index (χ3v) is 5.82. The molecule has 0 atom stereocenters. The van der Waals surface area contributed by atoms with Gasteiger partial charge in [0.25, 0.3) is 5.91 Å². The van der Waals surface area contributed by atoms with Crippen LogP contribution in [0, 0.1) is 13.8 Å². The number of hydrogen-bond acceptors (Lipinski definition) is 3. The summed E-state index contributed by atoms with van der Waals surface area (Å²) in [7, 11) is 0. The van der Waals surface area contributed by atoms with Gasteiger partial charge in [0.2, 0.25) is 0 Å². The highest BCUT2D eigenvalue weighted by molar-refractivity contribution is 5.77. The first-order valence-electron chi connectivity index (χ1n) is 12.0. The van der Waals surface area contributed by atoms with Crippen molar-refractivity contribution in [2.75, 3.05) is 13.2 Å². The van der Waals surface area contributed by atoms with Crippen molar-refractivity contribution >= 4 is 16.9 Å². The summed E-state index contributed by atoms with van der Waals surface area (Å²) < 4.78 is 8.07. The molecule has 0 aliphatic heterocycles. The van der Waals surface area contributed by atoms with Crippen LogP contribution in [0.5, 0.6) is 5.75 Å². The van der Waals surface area contributed by atoms with Crippen molar-refractivity contribution in [3.63, 3.8) is 0 Å². The zero-order chi connectivity index (χ0) is 22.8. The zero-order valence-corrected chi connectivity index (χ0v) is 19.8. The van der Waals surface area contributed by atoms with Crippen LogP contribution in [0.1, 0.15) is 62.4 Å². The van der Waals surface area contributed by atoms with Crippen molar-refractivity contribution in [2.24, 2.45) is 0 Å². The number of fused-ring (bicyclic) bond motifs is 1. The van der Waals surface area contributed by atoms with Gasteiger partial charge in [-0.15, -0.1) is 0 Å². The number of aryl methyl sites for hydroxylation is 4. The maximum atomic E-state index is 12.2. The van der Waals surface area contributed by atoms with E-state index in [1.54, 1.807) is 0 Å². The summed E-state index contributed by atoms with van der Waals surface area (Å²) in [6, 6.07) is 14.4. The Labute approximate surface area is 192 Å². The molecule has 1 N–H and O–H groups in total. The molecule has 2 aromatic carbocycles. The average Bonchev–Trinajstić information content (AvgIpc) is 3.14. The fourth-order valence-electron chi connectivity index (χ4n) is 3.97. The lowest BCUT2D eigenvalue weighted by Crippen LogP contribution is -2.30. The highest BCUT2D eigenvalue weighted by Crippen LogP contribution is 2.20. The van der Waals surface area contributed by atoms with Crippen LogP contribution >= 0.6 is 0 Å². The van der Waals surface area contributed by atoms with Crippen LogP contribution in [0.15, 0.2) is 42.5 Å². The van der Waals surface area contributed by atoms with Gasteiger partial charge in [0.05, 0.1) is 11.0 Å². The highest BCUT2D eigenvalue weighted by Gasteiger charge is 2.11. The Bertz CT molecular complexity index is 1010. The summed E-state index contributed by atoms with van der Waals surface area (Å²) in [6.45, 7) is 7.92. The molecule has 0 aliphatic carbocycles. The molecule has 0 saturated heterocycles. The predicted octanol–water partition coefficient (Wildman–Crippen LogP) is 5.75. The molecule has 1 amide bonds. The number of nitrogens with one attached hydrogen (secondary N) is 1. The maximum Gasteiger partial charge on any atom is 0.257 e. The maximum absolute atomic E-state index is 12.2. The minimum atomic E-state index is -0.0877. The Kier molecular flexibility index (Phi) is 9.14. The van der Waals surface area contributed by atoms with Crippen molar-refractivity contribution in [3.8, 4) is 5.75 Å². The van der Waals surface area contributed by atoms with Gasteiger partial charge in [-0.1, -0.05) is 56.9 Å². The van der Waals surface area contributed by atoms with E-state index < -0.39 is 0 Å². The van der Waals surface area contributed by atoms with E-state index in [1.165, 1.54) is 37.6 Å². The van der Waals surface area contributed by atoms with Gasteiger partial charge in [-0.05, 0) is 56.0 Å². The molecule has 0 bridgehead atoms. The molecule has 3 aromatic rings. The first kappa shape index (κ1) is 23.8. The third kappa shape index (κ3) is 6.84. The van der Waals surface area contributed by atoms with Gasteiger partial charge in [0, 0.05) is 19.5 Å². The molecular formula is C27H37N3O2. The fraction of sp³-hybridized carbons (Fsp3) is 0.481. The quantitative estimate of drug-likeness (QED) is 0.348. The van der Waals surface area contributed by atoms with Crippen LogP contribution in [0.2, 0.25) is 0 Å². The van der Waals surface area contributed by atoms with Gasteiger partial charge in [-0.3, -0.25) is 4.79 Å². The molecule has 1 aromatic heterocycles. The van der Waals surface area contributed by atoms with E-state index in [1.807, 2.05) is 38.1 Å². The van der Waals surface area contributed by atoms with E-state index in [-0.39, 0.29) is 12.5 Å². The van der Waals surface area contributed by atoms with Crippen LogP contribution in [0.4, 0.5) is 0 Å². The molecule has 32 heavy (non-hydrogen) atoms. The summed E-state index contributed by atoms with van der Waals surface area (Å²) in [5.41, 5.74) is 4.43. The molecule has 0 aliphatic rings. The van der Waals surface area contributed by atoms with Gasteiger partial charge in [0.1, 0.15) is 11.6 Å². The molecular weight excluding hydrogens is 398 g/mol. The van der Waals surface area contributed by atoms with Crippen molar-refractivity contribution in [1.82, 2.24) is 14.9 Å². The summed E-state index contributed by atoms with van der Waals surface area (Å²) >= 11 is 0. The van der Waals surface area contributed by atoms with Gasteiger partial charge >= 0.3 is 0 Å². The Morgan fingerprint density at radius 3 is 2.69 bits per heavy atom. The second-order valence-electron chi connectivity index (χ2n) is 8.59. The second-order valence-corrected chi connectivity index (χ2v) is 8.59. The fourth-order valence-corrected chi connectivity index (χ4v) is 3.97. The van der Waals surface area contributed by atoms with Crippen LogP contribution in [-0.2, 0) is 17.8 Å². The van der Waals surface area contributed by atoms with Gasteiger partial charge in [-0.2, -0.15) is 0 Å². The lowest BCUT2D eigenvalue weighted by atomic mass is 10.1. The predicted molar refractivity (Wildman–Crippen MR) is 131 cm³/mol. The Morgan fingerprint density at radius 1 is 1.03 bits per heavy atom. The number of rotatable bonds is 13. The van der Waals surface area contributed by atoms with E-state index in [2.05, 4.69) is 35.0 Å². The van der Waals surface area contributed by atoms with Crippen LogP contribution in [0.3, 0.4) is 0 Å². The number of aromatic nitrogens is 2. The van der Waals surface area contributed by atoms with E-state index in [9.17, 15) is 4.79 Å². The summed E-state index contributed by atoms with van der Waals surface area (Å²) in [6.07, 6.45) is 8.02. The minimum Gasteiger partial charge on any atom is -0.483 e. The topological polar surface area (TPSA) is 56.2 Å². The molecule has 0 saturated carbocycles. The lowest BCUT2D eigenvalue weighted by Gasteiger charge is -2.11. The number of unbranched alkanes of at least 4 members (excludes halogenated alkanes) is 4. The second kappa shape index (κ2) is 12.3. The van der Waals surface area contributed by atoms with E-state index in [0.29, 0.717) is 6.54 Å². The molecule has 0 spiro atoms. The van der Waals surface area contributed by atoms with Gasteiger partial charge < -0.3 is 14.6 Å². The van der Waals surface area contributed by atoms with Gasteiger partial charge in [-0.25, -0.2) is 4.98 Å². The number of nitrogens with zero attached hydrogens (tertiary/aromatic N) is 2. The van der Waals surface area contributed by atoms with Crippen LogP contribution in [-0.4, -0.2) is 28.6 Å². The van der Waals surface area contributed by atoms with Crippen LogP contribution in [0.25, 0.3) is 11.0 Å². The Balaban J connectivity index is 1.47. The first-order valence-corrected chi connectivity index (χ1v) is 12.0. The average molecular weight is 436 g/mol. The van der Waals surface area contributed by atoms with Crippen molar-refractivity contribution < 1.29 is 9.53 Å². The van der Waals surface area contributed by atoms with E-state index in [4.69, 9.17) is 9.72 Å². The van der Waals surface area contributed by atoms with Crippen LogP contribution < -0.4 is 10.1 Å². The number of carbonyl (C=O) groups excluding carboxylic acids is 1. The van der Waals surface area contributed by atoms with Crippen molar-refractivity contribution in [3.05, 3.63) is 59.4 Å². The van der Waals surface area contributed by atoms with Crippen molar-refractivity contribution in [2.45, 2.75) is 72.3 Å². The highest BCUT2D eigenvalue weighted by atomic mass is 16.5. The number of para-hydroxylation sites is 2. The minimum absolute atomic E-state index is 0.0422.